The maximum atomic E-state index is 10.9. The number of piperidine rings is 1. The highest BCUT2D eigenvalue weighted by atomic mass is 16.5. The van der Waals surface area contributed by atoms with Crippen LogP contribution in [0.1, 0.15) is 48.5 Å². The van der Waals surface area contributed by atoms with Gasteiger partial charge in [0.1, 0.15) is 17.1 Å². The van der Waals surface area contributed by atoms with Gasteiger partial charge in [-0.15, -0.1) is 0 Å². The number of hydrogen-bond acceptors (Lipinski definition) is 3. The fraction of sp³-hybridized carbons (Fsp3) is 0.526. The molecule has 2 heterocycles. The number of hydrogen-bond donors (Lipinski definition) is 0. The second-order valence-corrected chi connectivity index (χ2v) is 6.69. The molecule has 0 saturated carbocycles. The molecule has 2 aromatic rings. The third-order valence-electron chi connectivity index (χ3n) is 5.42. The maximum Gasteiger partial charge on any atom is 0.209 e. The molecule has 0 bridgehead atoms. The Hall–Kier alpha value is -1.97. The highest BCUT2D eigenvalue weighted by molar-refractivity contribution is 5.90. The number of amides is 1. The first-order valence-electron chi connectivity index (χ1n) is 8.62. The number of fused-ring (bicyclic) bond motifs is 3. The van der Waals surface area contributed by atoms with Crippen LogP contribution in [0.15, 0.2) is 16.5 Å². The minimum Gasteiger partial charge on any atom is -0.496 e. The molecule has 0 atom stereocenters. The Labute approximate surface area is 136 Å². The summed E-state index contributed by atoms with van der Waals surface area (Å²) >= 11 is 0. The summed E-state index contributed by atoms with van der Waals surface area (Å²) in [6.07, 6.45) is 7.54. The molecule has 4 heteroatoms. The fourth-order valence-corrected chi connectivity index (χ4v) is 4.20. The van der Waals surface area contributed by atoms with E-state index in [1.165, 1.54) is 29.4 Å². The lowest BCUT2D eigenvalue weighted by molar-refractivity contribution is -0.119. The Morgan fingerprint density at radius 2 is 2.00 bits per heavy atom. The van der Waals surface area contributed by atoms with Crippen LogP contribution in [0.5, 0.6) is 5.75 Å². The van der Waals surface area contributed by atoms with E-state index in [4.69, 9.17) is 9.15 Å². The Balaban J connectivity index is 1.77. The highest BCUT2D eigenvalue weighted by Gasteiger charge is 2.27. The molecule has 0 unspecified atom stereocenters. The molecule has 0 spiro atoms. The van der Waals surface area contributed by atoms with Crippen LogP contribution in [0.3, 0.4) is 0 Å². The standard InChI is InChI=1S/C19H23NO3/c1-22-19-14(13-8-10-20(12-21)11-9-13)6-7-17-18(19)15-4-2-3-5-16(15)23-17/h6-7,12-13H,2-5,8-11H2,1H3. The normalized spacial score (nSPS) is 18.9. The average molecular weight is 313 g/mol. The number of methoxy groups -OCH3 is 1. The zero-order valence-corrected chi connectivity index (χ0v) is 13.6. The van der Waals surface area contributed by atoms with E-state index in [0.717, 1.165) is 62.3 Å². The summed E-state index contributed by atoms with van der Waals surface area (Å²) in [5.74, 6) is 2.61. The van der Waals surface area contributed by atoms with Crippen LogP contribution in [0.25, 0.3) is 11.0 Å². The maximum absolute atomic E-state index is 10.9. The van der Waals surface area contributed by atoms with Crippen molar-refractivity contribution in [2.45, 2.75) is 44.4 Å². The van der Waals surface area contributed by atoms with Gasteiger partial charge < -0.3 is 14.1 Å². The number of rotatable bonds is 3. The zero-order valence-electron chi connectivity index (χ0n) is 13.6. The van der Waals surface area contributed by atoms with Gasteiger partial charge in [0.25, 0.3) is 0 Å². The first kappa shape index (κ1) is 14.6. The number of carbonyl (C=O) groups is 1. The van der Waals surface area contributed by atoms with Gasteiger partial charge in [0.2, 0.25) is 6.41 Å². The van der Waals surface area contributed by atoms with Gasteiger partial charge in [-0.2, -0.15) is 0 Å². The van der Waals surface area contributed by atoms with Gasteiger partial charge in [-0.05, 0) is 49.7 Å². The molecule has 4 nitrogen and oxygen atoms in total. The molecular weight excluding hydrogens is 290 g/mol. The van der Waals surface area contributed by atoms with Gasteiger partial charge in [-0.1, -0.05) is 6.07 Å². The summed E-state index contributed by atoms with van der Waals surface area (Å²) < 4.78 is 11.9. The van der Waals surface area contributed by atoms with E-state index >= 15 is 0 Å². The predicted octanol–water partition coefficient (Wildman–Crippen LogP) is 3.66. The van der Waals surface area contributed by atoms with Crippen LogP contribution < -0.4 is 4.74 Å². The third kappa shape index (κ3) is 2.41. The van der Waals surface area contributed by atoms with Crippen molar-refractivity contribution in [3.63, 3.8) is 0 Å². The highest BCUT2D eigenvalue weighted by Crippen LogP contribution is 2.43. The molecular formula is C19H23NO3. The molecule has 1 saturated heterocycles. The van der Waals surface area contributed by atoms with Crippen molar-refractivity contribution in [1.29, 1.82) is 0 Å². The van der Waals surface area contributed by atoms with Crippen LogP contribution in [-0.2, 0) is 17.6 Å². The first-order chi connectivity index (χ1) is 11.3. The third-order valence-corrected chi connectivity index (χ3v) is 5.42. The molecule has 1 aromatic carbocycles. The number of benzene rings is 1. The van der Waals surface area contributed by atoms with Crippen molar-refractivity contribution in [1.82, 2.24) is 4.90 Å². The number of carbonyl (C=O) groups excluding carboxylic acids is 1. The van der Waals surface area contributed by atoms with E-state index in [-0.39, 0.29) is 0 Å². The van der Waals surface area contributed by atoms with Gasteiger partial charge in [0.05, 0.1) is 12.5 Å². The Bertz CT molecular complexity index is 726. The van der Waals surface area contributed by atoms with Crippen molar-refractivity contribution < 1.29 is 13.9 Å². The van der Waals surface area contributed by atoms with Crippen molar-refractivity contribution >= 4 is 17.4 Å². The summed E-state index contributed by atoms with van der Waals surface area (Å²) in [5, 5.41) is 1.19. The Morgan fingerprint density at radius 1 is 1.22 bits per heavy atom. The molecule has 2 aliphatic rings. The van der Waals surface area contributed by atoms with E-state index in [1.807, 2.05) is 4.90 Å². The van der Waals surface area contributed by atoms with Crippen LogP contribution in [0, 0.1) is 0 Å². The average Bonchev–Trinajstić information content (AvgIpc) is 2.99. The van der Waals surface area contributed by atoms with Crippen molar-refractivity contribution in [2.24, 2.45) is 0 Å². The molecule has 4 rings (SSSR count). The van der Waals surface area contributed by atoms with Gasteiger partial charge in [0.15, 0.2) is 0 Å². The minimum absolute atomic E-state index is 0.458. The summed E-state index contributed by atoms with van der Waals surface area (Å²) in [6.45, 7) is 1.66. The summed E-state index contributed by atoms with van der Waals surface area (Å²) in [6, 6.07) is 4.27. The molecule has 1 aliphatic carbocycles. The number of furan rings is 1. The molecule has 122 valence electrons. The van der Waals surface area contributed by atoms with E-state index in [2.05, 4.69) is 12.1 Å². The summed E-state index contributed by atoms with van der Waals surface area (Å²) in [4.78, 5) is 12.8. The van der Waals surface area contributed by atoms with Gasteiger partial charge in [-0.25, -0.2) is 0 Å². The Morgan fingerprint density at radius 3 is 2.74 bits per heavy atom. The summed E-state index contributed by atoms with van der Waals surface area (Å²) in [5.41, 5.74) is 3.60. The van der Waals surface area contributed by atoms with Crippen LogP contribution in [-0.4, -0.2) is 31.5 Å². The monoisotopic (exact) mass is 313 g/mol. The largest absolute Gasteiger partial charge is 0.496 e. The lowest BCUT2D eigenvalue weighted by atomic mass is 9.87. The van der Waals surface area contributed by atoms with E-state index in [0.29, 0.717) is 5.92 Å². The molecule has 1 aliphatic heterocycles. The van der Waals surface area contributed by atoms with Crippen molar-refractivity contribution in [3.8, 4) is 5.75 Å². The number of likely N-dealkylation sites (tertiary alicyclic amines) is 1. The smallest absolute Gasteiger partial charge is 0.209 e. The molecule has 1 fully saturated rings. The van der Waals surface area contributed by atoms with E-state index < -0.39 is 0 Å². The minimum atomic E-state index is 0.458. The number of aryl methyl sites for hydroxylation is 2. The van der Waals surface area contributed by atoms with Crippen LogP contribution in [0.2, 0.25) is 0 Å². The second kappa shape index (κ2) is 5.91. The van der Waals surface area contributed by atoms with E-state index in [1.54, 1.807) is 7.11 Å². The van der Waals surface area contributed by atoms with Crippen molar-refractivity contribution in [3.05, 3.63) is 29.0 Å². The lowest BCUT2D eigenvalue weighted by Crippen LogP contribution is -2.31. The van der Waals surface area contributed by atoms with Crippen LogP contribution >= 0.6 is 0 Å². The topological polar surface area (TPSA) is 42.7 Å². The molecule has 1 amide bonds. The van der Waals surface area contributed by atoms with Gasteiger partial charge in [-0.3, -0.25) is 4.79 Å². The van der Waals surface area contributed by atoms with Crippen LogP contribution in [0.4, 0.5) is 0 Å². The second-order valence-electron chi connectivity index (χ2n) is 6.69. The predicted molar refractivity (Wildman–Crippen MR) is 89.0 cm³/mol. The quantitative estimate of drug-likeness (QED) is 0.812. The SMILES string of the molecule is COc1c(C2CCN(C=O)CC2)ccc2oc3c(c12)CCCC3. The number of ether oxygens (including phenoxy) is 1. The molecule has 0 radical (unpaired) electrons. The summed E-state index contributed by atoms with van der Waals surface area (Å²) in [7, 11) is 1.76. The van der Waals surface area contributed by atoms with Gasteiger partial charge >= 0.3 is 0 Å². The zero-order chi connectivity index (χ0) is 15.8. The Kier molecular flexibility index (Phi) is 3.76. The van der Waals surface area contributed by atoms with Crippen molar-refractivity contribution in [2.75, 3.05) is 20.2 Å². The fourth-order valence-electron chi connectivity index (χ4n) is 4.20. The van der Waals surface area contributed by atoms with E-state index in [9.17, 15) is 4.79 Å². The lowest BCUT2D eigenvalue weighted by Gasteiger charge is -2.30. The first-order valence-corrected chi connectivity index (χ1v) is 8.62. The molecule has 0 N–H and O–H groups in total. The van der Waals surface area contributed by atoms with Gasteiger partial charge in [0, 0.05) is 25.1 Å². The molecule has 1 aromatic heterocycles. The number of nitrogens with zero attached hydrogens (tertiary/aromatic N) is 1. The molecule has 23 heavy (non-hydrogen) atoms.